The maximum Gasteiger partial charge on any atom is 0.293 e. The second-order valence-electron chi connectivity index (χ2n) is 9.44. The Bertz CT molecular complexity index is 1420. The van der Waals surface area contributed by atoms with E-state index in [-0.39, 0.29) is 11.6 Å². The van der Waals surface area contributed by atoms with E-state index in [0.717, 1.165) is 12.1 Å². The van der Waals surface area contributed by atoms with Gasteiger partial charge in [-0.05, 0) is 62.3 Å². The number of anilines is 1. The molecule has 10 heteroatoms. The van der Waals surface area contributed by atoms with Crippen LogP contribution in [0.15, 0.2) is 30.3 Å². The van der Waals surface area contributed by atoms with Crippen molar-refractivity contribution < 1.29 is 18.8 Å². The second-order valence-corrected chi connectivity index (χ2v) is 10.3. The average Bonchev–Trinajstić information content (AvgIpc) is 3.62. The molecule has 0 spiro atoms. The number of hydrogen-bond donors (Lipinski definition) is 2. The van der Waals surface area contributed by atoms with E-state index in [1.165, 1.54) is 35.6 Å². The predicted molar refractivity (Wildman–Crippen MR) is 128 cm³/mol. The molecule has 2 atom stereocenters. The van der Waals surface area contributed by atoms with Gasteiger partial charge in [-0.3, -0.25) is 14.4 Å². The summed E-state index contributed by atoms with van der Waals surface area (Å²) < 4.78 is 15.8. The third kappa shape index (κ3) is 3.43. The van der Waals surface area contributed by atoms with Crippen molar-refractivity contribution in [1.82, 2.24) is 20.1 Å². The number of halogens is 1. The maximum absolute atomic E-state index is 13.8. The standard InChI is InChI=1S/C25H22FN5O3S/c1-3-13-8-15(4-5-16(13)26)28-22(33)20-12(2)19(18-10-14-9-17(14)31(18)20)21(32)23(34)29-25(6-7-25)24-30-27-11-35-24/h3-5,8,11,14,17H,1,6-7,9-10H2,2H3,(H,28,33)(H,29,34). The first-order chi connectivity index (χ1) is 16.8. The fourth-order valence-electron chi connectivity index (χ4n) is 5.19. The van der Waals surface area contributed by atoms with Gasteiger partial charge in [0.25, 0.3) is 17.6 Å². The molecular weight excluding hydrogens is 469 g/mol. The van der Waals surface area contributed by atoms with E-state index in [9.17, 15) is 18.8 Å². The molecule has 0 radical (unpaired) electrons. The molecule has 2 N–H and O–H groups in total. The SMILES string of the molecule is C=Cc1cc(NC(=O)c2c(C)c(C(=O)C(=O)NC3(c4nncs4)CC3)c3n2C2CC2C3)ccc1F. The van der Waals surface area contributed by atoms with Crippen molar-refractivity contribution in [3.63, 3.8) is 0 Å². The predicted octanol–water partition coefficient (Wildman–Crippen LogP) is 3.79. The molecule has 8 nitrogen and oxygen atoms in total. The first-order valence-corrected chi connectivity index (χ1v) is 12.3. The quantitative estimate of drug-likeness (QED) is 0.386. The zero-order chi connectivity index (χ0) is 24.5. The minimum Gasteiger partial charge on any atom is -0.337 e. The van der Waals surface area contributed by atoms with E-state index in [2.05, 4.69) is 27.4 Å². The molecule has 1 aliphatic heterocycles. The van der Waals surface area contributed by atoms with Gasteiger partial charge in [-0.25, -0.2) is 4.39 Å². The Morgan fingerprint density at radius 3 is 2.80 bits per heavy atom. The highest BCUT2D eigenvalue weighted by atomic mass is 32.1. The Hall–Kier alpha value is -3.66. The first kappa shape index (κ1) is 21.8. The first-order valence-electron chi connectivity index (χ1n) is 11.4. The lowest BCUT2D eigenvalue weighted by molar-refractivity contribution is -0.118. The van der Waals surface area contributed by atoms with Gasteiger partial charge in [-0.2, -0.15) is 0 Å². The molecule has 2 aliphatic carbocycles. The van der Waals surface area contributed by atoms with Gasteiger partial charge in [-0.15, -0.1) is 21.5 Å². The molecule has 178 valence electrons. The summed E-state index contributed by atoms with van der Waals surface area (Å²) in [7, 11) is 0. The van der Waals surface area contributed by atoms with E-state index >= 15 is 0 Å². The van der Waals surface area contributed by atoms with E-state index in [0.29, 0.717) is 52.7 Å². The largest absolute Gasteiger partial charge is 0.337 e. The highest BCUT2D eigenvalue weighted by molar-refractivity contribution is 7.09. The molecule has 3 aliphatic rings. The second kappa shape index (κ2) is 7.67. The number of hydrogen-bond acceptors (Lipinski definition) is 6. The van der Waals surface area contributed by atoms with Crippen LogP contribution in [0.1, 0.15) is 68.0 Å². The van der Waals surface area contributed by atoms with Crippen LogP contribution in [0.25, 0.3) is 6.08 Å². The van der Waals surface area contributed by atoms with Crippen LogP contribution in [0.3, 0.4) is 0 Å². The molecular formula is C25H22FN5O3S. The number of rotatable bonds is 7. The van der Waals surface area contributed by atoms with Gasteiger partial charge in [0.2, 0.25) is 0 Å². The van der Waals surface area contributed by atoms with Crippen LogP contribution in [0.2, 0.25) is 0 Å². The zero-order valence-corrected chi connectivity index (χ0v) is 19.7. The monoisotopic (exact) mass is 491 g/mol. The molecule has 2 aromatic heterocycles. The number of nitrogens with one attached hydrogen (secondary N) is 2. The number of carbonyl (C=O) groups is 3. The number of Topliss-reactive ketones (excluding diaryl/α,β-unsaturated/α-hetero) is 1. The van der Waals surface area contributed by atoms with Crippen molar-refractivity contribution in [2.24, 2.45) is 5.92 Å². The Labute approximate surface area is 204 Å². The molecule has 0 saturated heterocycles. The van der Waals surface area contributed by atoms with Gasteiger partial charge in [-0.1, -0.05) is 12.7 Å². The third-order valence-electron chi connectivity index (χ3n) is 7.22. The summed E-state index contributed by atoms with van der Waals surface area (Å²) in [5, 5.41) is 14.3. The molecule has 0 bridgehead atoms. The Morgan fingerprint density at radius 2 is 2.11 bits per heavy atom. The molecule has 1 aromatic carbocycles. The van der Waals surface area contributed by atoms with Crippen LogP contribution >= 0.6 is 11.3 Å². The number of amides is 2. The molecule has 2 amide bonds. The summed E-state index contributed by atoms with van der Waals surface area (Å²) in [4.78, 5) is 39.8. The summed E-state index contributed by atoms with van der Waals surface area (Å²) in [5.41, 5.74) is 3.57. The number of carbonyl (C=O) groups excluding carboxylic acids is 3. The number of benzene rings is 1. The van der Waals surface area contributed by atoms with E-state index in [1.54, 1.807) is 12.4 Å². The van der Waals surface area contributed by atoms with Crippen molar-refractivity contribution in [2.75, 3.05) is 5.32 Å². The van der Waals surface area contributed by atoms with Gasteiger partial charge >= 0.3 is 0 Å². The van der Waals surface area contributed by atoms with Gasteiger partial charge in [0, 0.05) is 23.0 Å². The van der Waals surface area contributed by atoms with E-state index in [4.69, 9.17) is 0 Å². The molecule has 2 unspecified atom stereocenters. The fraction of sp³-hybridized carbons (Fsp3) is 0.320. The molecule has 6 rings (SSSR count). The Morgan fingerprint density at radius 1 is 1.31 bits per heavy atom. The van der Waals surface area contributed by atoms with Crippen LogP contribution in [-0.4, -0.2) is 32.4 Å². The normalized spacial score (nSPS) is 20.5. The minimum absolute atomic E-state index is 0.155. The van der Waals surface area contributed by atoms with Gasteiger partial charge in [0.1, 0.15) is 22.0 Å². The molecule has 35 heavy (non-hydrogen) atoms. The molecule has 3 aromatic rings. The summed E-state index contributed by atoms with van der Waals surface area (Å²) in [5.74, 6) is -1.79. The lowest BCUT2D eigenvalue weighted by Crippen LogP contribution is -2.39. The lowest BCUT2D eigenvalue weighted by atomic mass is 10.0. The summed E-state index contributed by atoms with van der Waals surface area (Å²) in [6.07, 6.45) is 4.39. The zero-order valence-electron chi connectivity index (χ0n) is 18.9. The minimum atomic E-state index is -0.698. The fourth-order valence-corrected chi connectivity index (χ4v) is 5.96. The molecule has 2 fully saturated rings. The third-order valence-corrected chi connectivity index (χ3v) is 8.11. The highest BCUT2D eigenvalue weighted by Crippen LogP contribution is 2.54. The van der Waals surface area contributed by atoms with E-state index < -0.39 is 29.0 Å². The van der Waals surface area contributed by atoms with Crippen molar-refractivity contribution in [2.45, 2.75) is 44.2 Å². The Kier molecular flexibility index (Phi) is 4.79. The van der Waals surface area contributed by atoms with Crippen LogP contribution in [0.4, 0.5) is 10.1 Å². The smallest absolute Gasteiger partial charge is 0.293 e. The van der Waals surface area contributed by atoms with Gasteiger partial charge in [0.15, 0.2) is 0 Å². The Balaban J connectivity index is 1.31. The van der Waals surface area contributed by atoms with Crippen molar-refractivity contribution in [3.8, 4) is 0 Å². The summed E-state index contributed by atoms with van der Waals surface area (Å²) >= 11 is 1.35. The van der Waals surface area contributed by atoms with Crippen molar-refractivity contribution in [1.29, 1.82) is 0 Å². The average molecular weight is 492 g/mol. The van der Waals surface area contributed by atoms with Crippen LogP contribution in [0.5, 0.6) is 0 Å². The van der Waals surface area contributed by atoms with Crippen molar-refractivity contribution in [3.05, 3.63) is 69.2 Å². The highest BCUT2D eigenvalue weighted by Gasteiger charge is 2.52. The molecule has 3 heterocycles. The van der Waals surface area contributed by atoms with Gasteiger partial charge < -0.3 is 15.2 Å². The number of aromatic nitrogens is 3. The van der Waals surface area contributed by atoms with Gasteiger partial charge in [0.05, 0.1) is 11.1 Å². The number of fused-ring (bicyclic) bond motifs is 3. The number of ketones is 1. The lowest BCUT2D eigenvalue weighted by Gasteiger charge is -2.14. The number of nitrogens with zero attached hydrogens (tertiary/aromatic N) is 3. The maximum atomic E-state index is 13.8. The summed E-state index contributed by atoms with van der Waals surface area (Å²) in [6.45, 7) is 5.30. The summed E-state index contributed by atoms with van der Waals surface area (Å²) in [6, 6.07) is 4.41. The van der Waals surface area contributed by atoms with Crippen LogP contribution < -0.4 is 10.6 Å². The van der Waals surface area contributed by atoms with Crippen LogP contribution in [0, 0.1) is 18.7 Å². The van der Waals surface area contributed by atoms with Crippen molar-refractivity contribution >= 4 is 40.7 Å². The molecule has 2 saturated carbocycles. The topological polar surface area (TPSA) is 106 Å². The van der Waals surface area contributed by atoms with Crippen LogP contribution in [-0.2, 0) is 16.8 Å². The van der Waals surface area contributed by atoms with E-state index in [1.807, 2.05) is 4.57 Å².